The molecule has 2 aliphatic rings. The molecule has 1 aliphatic carbocycles. The second kappa shape index (κ2) is 8.66. The summed E-state index contributed by atoms with van der Waals surface area (Å²) in [6.07, 6.45) is 16.0. The van der Waals surface area contributed by atoms with Gasteiger partial charge in [-0.15, -0.1) is 0 Å². The van der Waals surface area contributed by atoms with Crippen molar-refractivity contribution < 1.29 is 4.79 Å². The van der Waals surface area contributed by atoms with E-state index in [4.69, 9.17) is 0 Å². The molecule has 1 saturated heterocycles. The van der Waals surface area contributed by atoms with Gasteiger partial charge in [0.15, 0.2) is 0 Å². The van der Waals surface area contributed by atoms with Crippen LogP contribution < -0.4 is 5.32 Å². The van der Waals surface area contributed by atoms with Gasteiger partial charge < -0.3 is 10.2 Å². The molecule has 1 N–H and O–H groups in total. The molecule has 1 heterocycles. The van der Waals surface area contributed by atoms with Gasteiger partial charge in [-0.2, -0.15) is 0 Å². The van der Waals surface area contributed by atoms with Gasteiger partial charge in [-0.25, -0.2) is 0 Å². The maximum Gasteiger partial charge on any atom is 0.239 e. The van der Waals surface area contributed by atoms with Crippen LogP contribution in [0.1, 0.15) is 77.0 Å². The standard InChI is InChI=1S/C17H32N2O/c1-19-14-13-16(17(19)20)18-15-11-9-7-5-3-2-4-6-8-10-12-15/h15-16,18H,2-14H2,1H3. The van der Waals surface area contributed by atoms with E-state index in [-0.39, 0.29) is 6.04 Å². The molecule has 0 aromatic heterocycles. The Labute approximate surface area is 124 Å². The van der Waals surface area contributed by atoms with E-state index in [0.717, 1.165) is 13.0 Å². The van der Waals surface area contributed by atoms with Crippen molar-refractivity contribution in [2.45, 2.75) is 89.1 Å². The van der Waals surface area contributed by atoms with E-state index in [1.54, 1.807) is 0 Å². The van der Waals surface area contributed by atoms with Crippen LogP contribution in [0.3, 0.4) is 0 Å². The minimum Gasteiger partial charge on any atom is -0.344 e. The number of likely N-dealkylation sites (N-methyl/N-ethyl adjacent to an activating group) is 1. The Balaban J connectivity index is 1.78. The lowest BCUT2D eigenvalue weighted by atomic mass is 9.97. The lowest BCUT2D eigenvalue weighted by Gasteiger charge is -2.23. The summed E-state index contributed by atoms with van der Waals surface area (Å²) in [5.41, 5.74) is 0. The van der Waals surface area contributed by atoms with Crippen molar-refractivity contribution in [3.8, 4) is 0 Å². The Kier molecular flexibility index (Phi) is 6.85. The largest absolute Gasteiger partial charge is 0.344 e. The summed E-state index contributed by atoms with van der Waals surface area (Å²) in [6, 6.07) is 0.660. The van der Waals surface area contributed by atoms with Crippen molar-refractivity contribution in [2.75, 3.05) is 13.6 Å². The van der Waals surface area contributed by atoms with E-state index in [2.05, 4.69) is 5.32 Å². The molecule has 0 aromatic rings. The highest BCUT2D eigenvalue weighted by atomic mass is 16.2. The molecule has 1 unspecified atom stereocenters. The fraction of sp³-hybridized carbons (Fsp3) is 0.941. The summed E-state index contributed by atoms with van der Waals surface area (Å²) in [7, 11) is 1.92. The third kappa shape index (κ3) is 5.08. The van der Waals surface area contributed by atoms with E-state index >= 15 is 0 Å². The Bertz CT molecular complexity index is 281. The number of carbonyl (C=O) groups is 1. The Morgan fingerprint density at radius 2 is 1.35 bits per heavy atom. The van der Waals surface area contributed by atoms with Crippen LogP contribution in [0.25, 0.3) is 0 Å². The molecule has 0 radical (unpaired) electrons. The average molecular weight is 280 g/mol. The van der Waals surface area contributed by atoms with Gasteiger partial charge in [0.25, 0.3) is 0 Å². The maximum absolute atomic E-state index is 12.0. The fourth-order valence-corrected chi connectivity index (χ4v) is 3.59. The molecule has 3 nitrogen and oxygen atoms in total. The molecule has 2 fully saturated rings. The number of hydrogen-bond donors (Lipinski definition) is 1. The van der Waals surface area contributed by atoms with Crippen LogP contribution in [-0.2, 0) is 4.79 Å². The molecule has 116 valence electrons. The number of nitrogens with zero attached hydrogens (tertiary/aromatic N) is 1. The van der Waals surface area contributed by atoms with E-state index in [0.29, 0.717) is 11.9 Å². The van der Waals surface area contributed by atoms with Gasteiger partial charge in [-0.3, -0.25) is 4.79 Å². The third-order valence-corrected chi connectivity index (χ3v) is 4.97. The zero-order chi connectivity index (χ0) is 14.2. The molecular formula is C17H32N2O. The summed E-state index contributed by atoms with van der Waals surface area (Å²) in [5, 5.41) is 3.66. The first-order chi connectivity index (χ1) is 9.77. The Morgan fingerprint density at radius 1 is 0.850 bits per heavy atom. The van der Waals surface area contributed by atoms with Crippen molar-refractivity contribution in [3.05, 3.63) is 0 Å². The summed E-state index contributed by atoms with van der Waals surface area (Å²) >= 11 is 0. The maximum atomic E-state index is 12.0. The van der Waals surface area contributed by atoms with Gasteiger partial charge in [0.2, 0.25) is 5.91 Å². The minimum atomic E-state index is 0.0953. The van der Waals surface area contributed by atoms with Gasteiger partial charge in [-0.1, -0.05) is 57.8 Å². The molecule has 0 aromatic carbocycles. The highest BCUT2D eigenvalue weighted by Gasteiger charge is 2.30. The van der Waals surface area contributed by atoms with E-state index in [1.807, 2.05) is 11.9 Å². The molecule has 20 heavy (non-hydrogen) atoms. The Hall–Kier alpha value is -0.570. The molecule has 0 bridgehead atoms. The van der Waals surface area contributed by atoms with Crippen LogP contribution >= 0.6 is 0 Å². The van der Waals surface area contributed by atoms with Gasteiger partial charge in [0, 0.05) is 19.6 Å². The van der Waals surface area contributed by atoms with Crippen molar-refractivity contribution in [2.24, 2.45) is 0 Å². The number of hydrogen-bond acceptors (Lipinski definition) is 2. The SMILES string of the molecule is CN1CCC(NC2CCCCCCCCCCC2)C1=O. The highest BCUT2D eigenvalue weighted by Crippen LogP contribution is 2.19. The van der Waals surface area contributed by atoms with Crippen LogP contribution in [0.15, 0.2) is 0 Å². The molecule has 1 amide bonds. The smallest absolute Gasteiger partial charge is 0.239 e. The predicted octanol–water partition coefficient (Wildman–Crippen LogP) is 3.48. The van der Waals surface area contributed by atoms with Gasteiger partial charge in [0.05, 0.1) is 6.04 Å². The topological polar surface area (TPSA) is 32.3 Å². The predicted molar refractivity (Wildman–Crippen MR) is 83.8 cm³/mol. The minimum absolute atomic E-state index is 0.0953. The van der Waals surface area contributed by atoms with Gasteiger partial charge >= 0.3 is 0 Å². The number of nitrogens with one attached hydrogen (secondary N) is 1. The van der Waals surface area contributed by atoms with Crippen molar-refractivity contribution in [1.82, 2.24) is 10.2 Å². The molecular weight excluding hydrogens is 248 g/mol. The number of amides is 1. The van der Waals surface area contributed by atoms with E-state index < -0.39 is 0 Å². The molecule has 1 aliphatic heterocycles. The van der Waals surface area contributed by atoms with E-state index in [9.17, 15) is 4.79 Å². The Morgan fingerprint density at radius 3 is 1.80 bits per heavy atom. The fourth-order valence-electron chi connectivity index (χ4n) is 3.59. The first kappa shape index (κ1) is 15.8. The summed E-state index contributed by atoms with van der Waals surface area (Å²) in [5.74, 6) is 0.302. The van der Waals surface area contributed by atoms with Crippen LogP contribution in [0, 0.1) is 0 Å². The van der Waals surface area contributed by atoms with Gasteiger partial charge in [-0.05, 0) is 19.3 Å². The molecule has 2 rings (SSSR count). The van der Waals surface area contributed by atoms with Gasteiger partial charge in [0.1, 0.15) is 0 Å². The summed E-state index contributed by atoms with van der Waals surface area (Å²) in [4.78, 5) is 13.9. The zero-order valence-electron chi connectivity index (χ0n) is 13.2. The van der Waals surface area contributed by atoms with Crippen LogP contribution in [0.5, 0.6) is 0 Å². The zero-order valence-corrected chi connectivity index (χ0v) is 13.2. The average Bonchev–Trinajstić information content (AvgIpc) is 2.74. The lowest BCUT2D eigenvalue weighted by molar-refractivity contribution is -0.128. The van der Waals surface area contributed by atoms with Crippen molar-refractivity contribution in [3.63, 3.8) is 0 Å². The molecule has 1 saturated carbocycles. The van der Waals surface area contributed by atoms with E-state index in [1.165, 1.54) is 70.6 Å². The van der Waals surface area contributed by atoms with Crippen LogP contribution in [0.2, 0.25) is 0 Å². The summed E-state index contributed by atoms with van der Waals surface area (Å²) in [6.45, 7) is 0.920. The normalized spacial score (nSPS) is 28.1. The van der Waals surface area contributed by atoms with Crippen LogP contribution in [-0.4, -0.2) is 36.5 Å². The first-order valence-corrected chi connectivity index (χ1v) is 8.78. The van der Waals surface area contributed by atoms with Crippen molar-refractivity contribution in [1.29, 1.82) is 0 Å². The monoisotopic (exact) mass is 280 g/mol. The number of rotatable bonds is 2. The first-order valence-electron chi connectivity index (χ1n) is 8.78. The lowest BCUT2D eigenvalue weighted by Crippen LogP contribution is -2.43. The second-order valence-electron chi connectivity index (χ2n) is 6.72. The highest BCUT2D eigenvalue weighted by molar-refractivity contribution is 5.83. The second-order valence-corrected chi connectivity index (χ2v) is 6.72. The van der Waals surface area contributed by atoms with Crippen molar-refractivity contribution >= 4 is 5.91 Å². The number of likely N-dealkylation sites (tertiary alicyclic amines) is 1. The summed E-state index contributed by atoms with van der Waals surface area (Å²) < 4.78 is 0. The molecule has 3 heteroatoms. The third-order valence-electron chi connectivity index (χ3n) is 4.97. The molecule has 0 spiro atoms. The quantitative estimate of drug-likeness (QED) is 0.840. The number of carbonyl (C=O) groups excluding carboxylic acids is 1. The molecule has 1 atom stereocenters. The van der Waals surface area contributed by atoms with Crippen LogP contribution in [0.4, 0.5) is 0 Å².